The number of aromatic hydroxyl groups is 1. The second kappa shape index (κ2) is 6.68. The van der Waals surface area contributed by atoms with E-state index in [1.54, 1.807) is 32.1 Å². The van der Waals surface area contributed by atoms with Crippen molar-refractivity contribution in [3.05, 3.63) is 58.2 Å². The summed E-state index contributed by atoms with van der Waals surface area (Å²) in [5.74, 6) is -0.811. The second-order valence-electron chi connectivity index (χ2n) is 7.41. The molecule has 1 N–H and O–H groups in total. The highest BCUT2D eigenvalue weighted by Gasteiger charge is 2.56. The Morgan fingerprint density at radius 2 is 1.96 bits per heavy atom. The summed E-state index contributed by atoms with van der Waals surface area (Å²) >= 11 is 6.21. The molecule has 1 aromatic carbocycles. The minimum atomic E-state index is -0.954. The zero-order valence-corrected chi connectivity index (χ0v) is 16.7. The number of phenolic OH excluding ortho intramolecular Hbond substituents is 1. The van der Waals surface area contributed by atoms with Gasteiger partial charge in [-0.15, -0.1) is 0 Å². The molecule has 0 aromatic heterocycles. The number of hydrogen-bond donors (Lipinski definition) is 1. The molecule has 0 fully saturated rings. The molecule has 0 amide bonds. The Kier molecular flexibility index (Phi) is 4.81. The summed E-state index contributed by atoms with van der Waals surface area (Å²) < 4.78 is 5.24. The standard InChI is InChI=1S/C22H23ClO4/c1-6-13-7-8-15-19(24)11(2)12(3)21(26)22(15,4)18(13)14-9-16(23)20(25)17(10-14)27-5/h6-7,9-10,15,18,25H,1,8H2,2-5H3/t15-,18+,22+/m0/s1. The molecule has 2 aliphatic carbocycles. The molecule has 0 bridgehead atoms. The average Bonchev–Trinajstić information content (AvgIpc) is 2.66. The fourth-order valence-electron chi connectivity index (χ4n) is 4.51. The van der Waals surface area contributed by atoms with E-state index in [1.807, 2.05) is 13.0 Å². The number of phenols is 1. The lowest BCUT2D eigenvalue weighted by Crippen LogP contribution is -2.50. The maximum atomic E-state index is 13.4. The zero-order valence-electron chi connectivity index (χ0n) is 15.9. The Morgan fingerprint density at radius 3 is 2.56 bits per heavy atom. The predicted octanol–water partition coefficient (Wildman–Crippen LogP) is 4.76. The van der Waals surface area contributed by atoms with Gasteiger partial charge >= 0.3 is 0 Å². The molecule has 0 heterocycles. The number of ether oxygens (including phenoxy) is 1. The van der Waals surface area contributed by atoms with Gasteiger partial charge in [0.25, 0.3) is 0 Å². The molecular formula is C22H23ClO4. The van der Waals surface area contributed by atoms with E-state index in [1.165, 1.54) is 7.11 Å². The van der Waals surface area contributed by atoms with Gasteiger partial charge in [0.05, 0.1) is 17.5 Å². The Balaban J connectivity index is 2.29. The molecule has 2 aliphatic rings. The van der Waals surface area contributed by atoms with Gasteiger partial charge in [0, 0.05) is 11.8 Å². The van der Waals surface area contributed by atoms with E-state index in [9.17, 15) is 14.7 Å². The maximum absolute atomic E-state index is 13.4. The highest BCUT2D eigenvalue weighted by atomic mass is 35.5. The van der Waals surface area contributed by atoms with E-state index in [0.29, 0.717) is 23.1 Å². The predicted molar refractivity (Wildman–Crippen MR) is 105 cm³/mol. The van der Waals surface area contributed by atoms with Crippen LogP contribution in [0.25, 0.3) is 0 Å². The van der Waals surface area contributed by atoms with E-state index >= 15 is 0 Å². The fourth-order valence-corrected chi connectivity index (χ4v) is 4.73. The highest BCUT2D eigenvalue weighted by Crippen LogP contribution is 2.56. The van der Waals surface area contributed by atoms with E-state index in [-0.39, 0.29) is 28.1 Å². The van der Waals surface area contributed by atoms with Gasteiger partial charge in [-0.3, -0.25) is 9.59 Å². The van der Waals surface area contributed by atoms with Crippen LogP contribution in [0, 0.1) is 11.3 Å². The van der Waals surface area contributed by atoms with Gasteiger partial charge in [-0.25, -0.2) is 0 Å². The first kappa shape index (κ1) is 19.4. The van der Waals surface area contributed by atoms with Crippen molar-refractivity contribution < 1.29 is 19.4 Å². The lowest BCUT2D eigenvalue weighted by Gasteiger charge is -2.48. The quantitative estimate of drug-likeness (QED) is 0.813. The number of carbonyl (C=O) groups excluding carboxylic acids is 2. The molecule has 1 aromatic rings. The lowest BCUT2D eigenvalue weighted by molar-refractivity contribution is -0.138. The first-order chi connectivity index (χ1) is 12.7. The van der Waals surface area contributed by atoms with E-state index in [0.717, 1.165) is 5.57 Å². The van der Waals surface area contributed by atoms with Gasteiger partial charge in [-0.05, 0) is 54.7 Å². The summed E-state index contributed by atoms with van der Waals surface area (Å²) in [6.07, 6.45) is 4.18. The topological polar surface area (TPSA) is 63.6 Å². The molecule has 142 valence electrons. The van der Waals surface area contributed by atoms with Crippen LogP contribution in [0.3, 0.4) is 0 Å². The van der Waals surface area contributed by atoms with Crippen LogP contribution in [0.2, 0.25) is 5.02 Å². The smallest absolute Gasteiger partial charge is 0.176 e. The van der Waals surface area contributed by atoms with Crippen molar-refractivity contribution in [2.24, 2.45) is 11.3 Å². The summed E-state index contributed by atoms with van der Waals surface area (Å²) in [4.78, 5) is 26.4. The third-order valence-electron chi connectivity index (χ3n) is 6.16. The molecule has 0 unspecified atom stereocenters. The molecule has 0 spiro atoms. The summed E-state index contributed by atoms with van der Waals surface area (Å²) in [7, 11) is 1.44. The normalized spacial score (nSPS) is 28.0. The number of rotatable bonds is 3. The van der Waals surface area contributed by atoms with Crippen molar-refractivity contribution in [2.75, 3.05) is 7.11 Å². The van der Waals surface area contributed by atoms with Crippen LogP contribution in [-0.4, -0.2) is 23.8 Å². The van der Waals surface area contributed by atoms with Crippen LogP contribution in [0.4, 0.5) is 0 Å². The van der Waals surface area contributed by atoms with Crippen LogP contribution in [0.1, 0.15) is 38.7 Å². The third kappa shape index (κ3) is 2.66. The summed E-state index contributed by atoms with van der Waals surface area (Å²) in [5, 5.41) is 10.2. The van der Waals surface area contributed by atoms with Crippen LogP contribution < -0.4 is 4.74 Å². The fraction of sp³-hybridized carbons (Fsp3) is 0.364. The van der Waals surface area contributed by atoms with E-state index in [2.05, 4.69) is 6.58 Å². The molecule has 27 heavy (non-hydrogen) atoms. The Hall–Kier alpha value is -2.33. The van der Waals surface area contributed by atoms with Crippen molar-refractivity contribution in [1.82, 2.24) is 0 Å². The van der Waals surface area contributed by atoms with Crippen molar-refractivity contribution in [3.8, 4) is 11.5 Å². The molecule has 4 nitrogen and oxygen atoms in total. The number of ketones is 2. The monoisotopic (exact) mass is 386 g/mol. The number of methoxy groups -OCH3 is 1. The number of fused-ring (bicyclic) bond motifs is 1. The number of Topliss-reactive ketones (excluding diaryl/α,β-unsaturated/α-hetero) is 2. The third-order valence-corrected chi connectivity index (χ3v) is 6.45. The number of halogens is 1. The Bertz CT molecular complexity index is 924. The van der Waals surface area contributed by atoms with Crippen molar-refractivity contribution in [2.45, 2.75) is 33.1 Å². The van der Waals surface area contributed by atoms with Crippen molar-refractivity contribution in [3.63, 3.8) is 0 Å². The molecule has 0 saturated carbocycles. The van der Waals surface area contributed by atoms with E-state index < -0.39 is 17.3 Å². The lowest BCUT2D eigenvalue weighted by atomic mass is 9.52. The van der Waals surface area contributed by atoms with Gasteiger partial charge in [0.15, 0.2) is 23.1 Å². The largest absolute Gasteiger partial charge is 0.503 e. The van der Waals surface area contributed by atoms with Crippen LogP contribution >= 0.6 is 11.6 Å². The van der Waals surface area contributed by atoms with Crippen LogP contribution in [0.5, 0.6) is 11.5 Å². The summed E-state index contributed by atoms with van der Waals surface area (Å²) in [6, 6.07) is 3.31. The zero-order chi connectivity index (χ0) is 20.1. The Labute approximate surface area is 164 Å². The van der Waals surface area contributed by atoms with Gasteiger partial charge < -0.3 is 9.84 Å². The SMILES string of the molecule is C=CC1=CC[C@H]2C(=O)C(C)=C(C)C(=O)[C@@]2(C)[C@H]1c1cc(Cl)c(O)c(OC)c1. The van der Waals surface area contributed by atoms with Crippen molar-refractivity contribution >= 4 is 23.2 Å². The van der Waals surface area contributed by atoms with E-state index in [4.69, 9.17) is 16.3 Å². The van der Waals surface area contributed by atoms with Crippen LogP contribution in [-0.2, 0) is 9.59 Å². The van der Waals surface area contributed by atoms with Gasteiger partial charge in [0.2, 0.25) is 0 Å². The molecule has 0 radical (unpaired) electrons. The highest BCUT2D eigenvalue weighted by molar-refractivity contribution is 6.32. The number of hydrogen-bond acceptors (Lipinski definition) is 4. The average molecular weight is 387 g/mol. The first-order valence-corrected chi connectivity index (χ1v) is 9.21. The molecular weight excluding hydrogens is 364 g/mol. The molecule has 5 heteroatoms. The van der Waals surface area contributed by atoms with Crippen molar-refractivity contribution in [1.29, 1.82) is 0 Å². The second-order valence-corrected chi connectivity index (χ2v) is 7.82. The maximum Gasteiger partial charge on any atom is 0.176 e. The summed E-state index contributed by atoms with van der Waals surface area (Å²) in [5.41, 5.74) is 1.67. The summed E-state index contributed by atoms with van der Waals surface area (Å²) in [6.45, 7) is 9.18. The number of carbonyl (C=O) groups is 2. The van der Waals surface area contributed by atoms with Crippen LogP contribution in [0.15, 0.2) is 47.6 Å². The minimum Gasteiger partial charge on any atom is -0.503 e. The number of allylic oxidation sites excluding steroid dienone is 5. The van der Waals surface area contributed by atoms with Gasteiger partial charge in [-0.1, -0.05) is 37.3 Å². The first-order valence-electron chi connectivity index (χ1n) is 8.83. The minimum absolute atomic E-state index is 0.0100. The molecule has 3 rings (SSSR count). The molecule has 3 atom stereocenters. The molecule has 0 aliphatic heterocycles. The Morgan fingerprint density at radius 1 is 1.30 bits per heavy atom. The van der Waals surface area contributed by atoms with Gasteiger partial charge in [-0.2, -0.15) is 0 Å². The molecule has 0 saturated heterocycles. The number of benzene rings is 1. The van der Waals surface area contributed by atoms with Gasteiger partial charge in [0.1, 0.15) is 0 Å².